The molecule has 8 nitrogen and oxygen atoms in total. The van der Waals surface area contributed by atoms with Crippen molar-refractivity contribution in [2.24, 2.45) is 0 Å². The summed E-state index contributed by atoms with van der Waals surface area (Å²) in [5.41, 5.74) is 1.18. The molecule has 1 aliphatic heterocycles. The van der Waals surface area contributed by atoms with Gasteiger partial charge in [-0.15, -0.1) is 0 Å². The molecule has 0 bridgehead atoms. The van der Waals surface area contributed by atoms with Gasteiger partial charge in [0.25, 0.3) is 0 Å². The van der Waals surface area contributed by atoms with Crippen LogP contribution in [0.5, 0.6) is 5.88 Å². The number of rotatable bonds is 6. The van der Waals surface area contributed by atoms with E-state index in [2.05, 4.69) is 15.3 Å². The largest absolute Gasteiger partial charge is 0.473 e. The Bertz CT molecular complexity index is 934. The minimum absolute atomic E-state index is 0.115. The van der Waals surface area contributed by atoms with Crippen LogP contribution in [-0.4, -0.2) is 47.8 Å². The zero-order valence-corrected chi connectivity index (χ0v) is 16.8. The maximum Gasteiger partial charge on any atom is 0.243 e. The van der Waals surface area contributed by atoms with Gasteiger partial charge in [-0.2, -0.15) is 4.31 Å². The van der Waals surface area contributed by atoms with Crippen LogP contribution < -0.4 is 10.1 Å². The molecule has 2 aromatic rings. The predicted octanol–water partition coefficient (Wildman–Crippen LogP) is 2.37. The fourth-order valence-corrected chi connectivity index (χ4v) is 4.86. The normalized spacial score (nSPS) is 17.9. The molecule has 0 saturated carbocycles. The van der Waals surface area contributed by atoms with Crippen LogP contribution in [-0.2, 0) is 14.8 Å². The number of hydrogen-bond acceptors (Lipinski definition) is 6. The number of carbonyl (C=O) groups is 1. The van der Waals surface area contributed by atoms with Gasteiger partial charge in [-0.25, -0.2) is 18.4 Å². The molecular weight excluding hydrogens is 380 g/mol. The average molecular weight is 404 g/mol. The van der Waals surface area contributed by atoms with Crippen molar-refractivity contribution in [3.05, 3.63) is 42.4 Å². The lowest BCUT2D eigenvalue weighted by molar-refractivity contribution is -0.115. The zero-order valence-electron chi connectivity index (χ0n) is 16.0. The molecule has 150 valence electrons. The first kappa shape index (κ1) is 20.2. The molecule has 1 N–H and O–H groups in total. The number of ether oxygens (including phenoxy) is 1. The van der Waals surface area contributed by atoms with Crippen molar-refractivity contribution in [3.8, 4) is 5.88 Å². The number of sulfonamides is 1. The van der Waals surface area contributed by atoms with Gasteiger partial charge in [-0.05, 0) is 43.5 Å². The Labute approximate surface area is 165 Å². The summed E-state index contributed by atoms with van der Waals surface area (Å²) in [4.78, 5) is 19.7. The highest BCUT2D eigenvalue weighted by Gasteiger charge is 2.32. The van der Waals surface area contributed by atoms with Crippen LogP contribution in [0, 0.1) is 6.92 Å². The highest BCUT2D eigenvalue weighted by atomic mass is 32.2. The van der Waals surface area contributed by atoms with Crippen molar-refractivity contribution in [2.75, 3.05) is 18.4 Å². The smallest absolute Gasteiger partial charge is 0.243 e. The van der Waals surface area contributed by atoms with Gasteiger partial charge in [0.2, 0.25) is 21.8 Å². The Hall–Kier alpha value is -2.52. The number of benzene rings is 1. The fraction of sp³-hybridized carbons (Fsp3) is 0.421. The Morgan fingerprint density at radius 3 is 2.86 bits per heavy atom. The number of piperidine rings is 1. The van der Waals surface area contributed by atoms with Gasteiger partial charge in [-0.3, -0.25) is 4.79 Å². The molecule has 1 unspecified atom stereocenters. The second-order valence-electron chi connectivity index (χ2n) is 6.67. The van der Waals surface area contributed by atoms with Gasteiger partial charge in [0.05, 0.1) is 11.4 Å². The van der Waals surface area contributed by atoms with E-state index < -0.39 is 10.0 Å². The van der Waals surface area contributed by atoms with Crippen LogP contribution in [0.1, 0.15) is 31.7 Å². The highest BCUT2D eigenvalue weighted by molar-refractivity contribution is 7.89. The number of nitrogens with one attached hydrogen (secondary N) is 1. The quantitative estimate of drug-likeness (QED) is 0.793. The average Bonchev–Trinajstić information content (AvgIpc) is 2.68. The molecule has 1 fully saturated rings. The third-order valence-corrected chi connectivity index (χ3v) is 6.61. The molecule has 1 aliphatic rings. The summed E-state index contributed by atoms with van der Waals surface area (Å²) in [6, 6.07) is 6.50. The minimum Gasteiger partial charge on any atom is -0.473 e. The molecular formula is C19H24N4O4S. The van der Waals surface area contributed by atoms with E-state index in [-0.39, 0.29) is 23.5 Å². The van der Waals surface area contributed by atoms with Gasteiger partial charge in [-0.1, -0.05) is 6.92 Å². The number of anilines is 1. The Morgan fingerprint density at radius 2 is 2.18 bits per heavy atom. The van der Waals surface area contributed by atoms with Crippen LogP contribution in [0.2, 0.25) is 0 Å². The minimum atomic E-state index is -3.66. The van der Waals surface area contributed by atoms with Gasteiger partial charge >= 0.3 is 0 Å². The molecule has 28 heavy (non-hydrogen) atoms. The number of aryl methyl sites for hydroxylation is 1. The summed E-state index contributed by atoms with van der Waals surface area (Å²) < 4.78 is 33.6. The Morgan fingerprint density at radius 1 is 1.36 bits per heavy atom. The van der Waals surface area contributed by atoms with Crippen molar-refractivity contribution in [1.82, 2.24) is 14.3 Å². The number of aromatic nitrogens is 2. The number of amides is 1. The molecule has 3 rings (SSSR count). The van der Waals surface area contributed by atoms with Crippen LogP contribution in [0.4, 0.5) is 5.69 Å². The monoisotopic (exact) mass is 404 g/mol. The topological polar surface area (TPSA) is 101 Å². The fourth-order valence-electron chi connectivity index (χ4n) is 3.14. The Balaban J connectivity index is 1.75. The van der Waals surface area contributed by atoms with E-state index in [4.69, 9.17) is 4.74 Å². The summed E-state index contributed by atoms with van der Waals surface area (Å²) in [6.45, 7) is 4.20. The highest BCUT2D eigenvalue weighted by Crippen LogP contribution is 2.26. The summed E-state index contributed by atoms with van der Waals surface area (Å²) in [7, 11) is -3.66. The van der Waals surface area contributed by atoms with Crippen LogP contribution in [0.15, 0.2) is 41.7 Å². The summed E-state index contributed by atoms with van der Waals surface area (Å²) in [6.07, 6.45) is 4.55. The van der Waals surface area contributed by atoms with E-state index in [0.717, 1.165) is 6.42 Å². The first-order chi connectivity index (χ1) is 13.4. The van der Waals surface area contributed by atoms with Crippen molar-refractivity contribution in [3.63, 3.8) is 0 Å². The first-order valence-corrected chi connectivity index (χ1v) is 10.7. The van der Waals surface area contributed by atoms with Gasteiger partial charge in [0.15, 0.2) is 0 Å². The second kappa shape index (κ2) is 8.66. The summed E-state index contributed by atoms with van der Waals surface area (Å²) >= 11 is 0. The van der Waals surface area contributed by atoms with E-state index >= 15 is 0 Å². The van der Waals surface area contributed by atoms with Crippen molar-refractivity contribution >= 4 is 21.6 Å². The van der Waals surface area contributed by atoms with Crippen LogP contribution in [0.25, 0.3) is 0 Å². The lowest BCUT2D eigenvalue weighted by Crippen LogP contribution is -2.44. The number of nitrogens with zero attached hydrogens (tertiary/aromatic N) is 3. The standard InChI is InChI=1S/C19H24N4O4S/c1-3-18(24)22-15-6-7-17(14(2)11-15)28(25,26)23-10-4-5-16(12-23)27-19-8-9-20-13-21-19/h6-9,11,13,16H,3-5,10,12H2,1-2H3,(H,22,24). The van der Waals surface area contributed by atoms with E-state index in [0.29, 0.717) is 36.5 Å². The maximum atomic E-state index is 13.2. The lowest BCUT2D eigenvalue weighted by Gasteiger charge is -2.32. The molecule has 9 heteroatoms. The summed E-state index contributed by atoms with van der Waals surface area (Å²) in [5, 5.41) is 2.75. The van der Waals surface area contributed by atoms with Gasteiger partial charge in [0, 0.05) is 30.9 Å². The predicted molar refractivity (Wildman–Crippen MR) is 105 cm³/mol. The van der Waals surface area contributed by atoms with E-state index in [9.17, 15) is 13.2 Å². The van der Waals surface area contributed by atoms with Crippen LogP contribution >= 0.6 is 0 Å². The van der Waals surface area contributed by atoms with Crippen molar-refractivity contribution in [1.29, 1.82) is 0 Å². The lowest BCUT2D eigenvalue weighted by atomic mass is 10.1. The van der Waals surface area contributed by atoms with E-state index in [1.807, 2.05) is 0 Å². The molecule has 1 saturated heterocycles. The molecule has 2 heterocycles. The summed E-state index contributed by atoms with van der Waals surface area (Å²) in [5.74, 6) is 0.321. The van der Waals surface area contributed by atoms with Gasteiger partial charge < -0.3 is 10.1 Å². The number of hydrogen-bond donors (Lipinski definition) is 1. The van der Waals surface area contributed by atoms with Gasteiger partial charge in [0.1, 0.15) is 12.4 Å². The molecule has 1 aromatic carbocycles. The molecule has 1 amide bonds. The van der Waals surface area contributed by atoms with E-state index in [1.165, 1.54) is 10.6 Å². The third-order valence-electron chi connectivity index (χ3n) is 4.58. The number of carbonyl (C=O) groups excluding carboxylic acids is 1. The maximum absolute atomic E-state index is 13.2. The molecule has 0 aliphatic carbocycles. The van der Waals surface area contributed by atoms with E-state index in [1.54, 1.807) is 44.3 Å². The Kier molecular flexibility index (Phi) is 6.25. The van der Waals surface area contributed by atoms with Crippen LogP contribution in [0.3, 0.4) is 0 Å². The van der Waals surface area contributed by atoms with Crippen molar-refractivity contribution in [2.45, 2.75) is 44.1 Å². The second-order valence-corrected chi connectivity index (χ2v) is 8.58. The first-order valence-electron chi connectivity index (χ1n) is 9.23. The van der Waals surface area contributed by atoms with Crippen molar-refractivity contribution < 1.29 is 17.9 Å². The molecule has 0 radical (unpaired) electrons. The molecule has 1 aromatic heterocycles. The molecule has 0 spiro atoms. The molecule has 1 atom stereocenters. The third kappa shape index (κ3) is 4.66. The zero-order chi connectivity index (χ0) is 20.1. The SMILES string of the molecule is CCC(=O)Nc1ccc(S(=O)(=O)N2CCCC(Oc3ccncn3)C2)c(C)c1.